The Balaban J connectivity index is 3.05. The van der Waals surface area contributed by atoms with E-state index in [1.165, 1.54) is 0 Å². The molecule has 0 radical (unpaired) electrons. The van der Waals surface area contributed by atoms with Gasteiger partial charge in [0.25, 0.3) is 0 Å². The van der Waals surface area contributed by atoms with Gasteiger partial charge in [0.05, 0.1) is 4.75 Å². The average Bonchev–Trinajstić information content (AvgIpc) is 2.40. The highest BCUT2D eigenvalue weighted by molar-refractivity contribution is 8.00. The summed E-state index contributed by atoms with van der Waals surface area (Å²) in [5.74, 6) is 0.686. The number of rotatable bonds is 3. The minimum atomic E-state index is -0.721. The van der Waals surface area contributed by atoms with Gasteiger partial charge in [-0.2, -0.15) is 0 Å². The lowest BCUT2D eigenvalue weighted by Gasteiger charge is -2.30. The van der Waals surface area contributed by atoms with Crippen LogP contribution in [-0.2, 0) is 9.53 Å². The third-order valence-corrected chi connectivity index (χ3v) is 4.51. The van der Waals surface area contributed by atoms with E-state index >= 15 is 0 Å². The van der Waals surface area contributed by atoms with Crippen LogP contribution in [0, 0.1) is 5.92 Å². The number of hydrogen-bond acceptors (Lipinski definition) is 4. The molecule has 1 unspecified atom stereocenters. The zero-order chi connectivity index (χ0) is 11.9. The summed E-state index contributed by atoms with van der Waals surface area (Å²) in [7, 11) is 0. The molecule has 0 saturated heterocycles. The highest BCUT2D eigenvalue weighted by Crippen LogP contribution is 2.37. The van der Waals surface area contributed by atoms with Crippen LogP contribution < -0.4 is 0 Å². The molecule has 1 aliphatic heterocycles. The Labute approximate surface area is 95.7 Å². The van der Waals surface area contributed by atoms with Gasteiger partial charge in [0.2, 0.25) is 5.90 Å². The van der Waals surface area contributed by atoms with Gasteiger partial charge in [-0.15, -0.1) is 11.8 Å². The average molecular weight is 229 g/mol. The first-order chi connectivity index (χ1) is 6.74. The number of nitrogens with zero attached hydrogens (tertiary/aromatic N) is 1. The highest BCUT2D eigenvalue weighted by atomic mass is 32.2. The fourth-order valence-electron chi connectivity index (χ4n) is 1.32. The summed E-state index contributed by atoms with van der Waals surface area (Å²) in [6.45, 7) is 9.85. The molecule has 86 valence electrons. The van der Waals surface area contributed by atoms with Crippen LogP contribution in [-0.4, -0.2) is 28.4 Å². The molecular formula is C11H19NO2S. The molecule has 1 heterocycles. The van der Waals surface area contributed by atoms with E-state index in [4.69, 9.17) is 4.74 Å². The molecule has 1 aliphatic rings. The zero-order valence-corrected chi connectivity index (χ0v) is 11.1. The molecule has 0 spiro atoms. The van der Waals surface area contributed by atoms with Crippen molar-refractivity contribution in [2.75, 3.05) is 6.26 Å². The molecule has 0 aromatic rings. The number of carbonyl (C=O) groups is 1. The fraction of sp³-hybridized carbons (Fsp3) is 0.818. The van der Waals surface area contributed by atoms with E-state index in [1.54, 1.807) is 25.6 Å². The first kappa shape index (κ1) is 12.6. The van der Waals surface area contributed by atoms with Gasteiger partial charge in [-0.25, -0.2) is 9.79 Å². The molecule has 4 heteroatoms. The van der Waals surface area contributed by atoms with Crippen molar-refractivity contribution in [3.05, 3.63) is 0 Å². The van der Waals surface area contributed by atoms with Crippen LogP contribution in [0.25, 0.3) is 0 Å². The highest BCUT2D eigenvalue weighted by Gasteiger charge is 2.45. The van der Waals surface area contributed by atoms with Crippen molar-refractivity contribution >= 4 is 23.6 Å². The van der Waals surface area contributed by atoms with Crippen molar-refractivity contribution in [3.63, 3.8) is 0 Å². The summed E-state index contributed by atoms with van der Waals surface area (Å²) >= 11 is 1.67. The van der Waals surface area contributed by atoms with E-state index < -0.39 is 5.54 Å². The van der Waals surface area contributed by atoms with E-state index in [1.807, 2.05) is 6.26 Å². The molecule has 0 bridgehead atoms. The number of esters is 1. The molecule has 15 heavy (non-hydrogen) atoms. The number of ether oxygens (including phenoxy) is 1. The summed E-state index contributed by atoms with van der Waals surface area (Å²) in [5.41, 5.74) is -0.721. The molecule has 1 rings (SSSR count). The van der Waals surface area contributed by atoms with Gasteiger partial charge in [-0.05, 0) is 32.9 Å². The second-order valence-electron chi connectivity index (χ2n) is 4.83. The molecule has 0 N–H and O–H groups in total. The van der Waals surface area contributed by atoms with Crippen molar-refractivity contribution in [2.45, 2.75) is 44.9 Å². The Morgan fingerprint density at radius 3 is 2.27 bits per heavy atom. The molecular weight excluding hydrogens is 210 g/mol. The number of aliphatic imine (C=N–C) groups is 1. The van der Waals surface area contributed by atoms with Gasteiger partial charge in [-0.1, -0.05) is 13.8 Å². The first-order valence-electron chi connectivity index (χ1n) is 5.12. The lowest BCUT2D eigenvalue weighted by Crippen LogP contribution is -2.37. The van der Waals surface area contributed by atoms with Crippen LogP contribution in [0.4, 0.5) is 0 Å². The van der Waals surface area contributed by atoms with Gasteiger partial charge in [0, 0.05) is 0 Å². The quantitative estimate of drug-likeness (QED) is 0.698. The standard InChI is InChI=1S/C11H19NO2S/c1-7(2)11(5,15-6)8-12-10(3,4)9(13)14-8/h7H,1-6H3. The molecule has 0 amide bonds. The Kier molecular flexibility index (Phi) is 3.19. The topological polar surface area (TPSA) is 38.7 Å². The Morgan fingerprint density at radius 2 is 2.00 bits per heavy atom. The van der Waals surface area contributed by atoms with Crippen molar-refractivity contribution in [1.29, 1.82) is 0 Å². The van der Waals surface area contributed by atoms with Crippen LogP contribution in [0.2, 0.25) is 0 Å². The van der Waals surface area contributed by atoms with Gasteiger partial charge in [0.1, 0.15) is 0 Å². The second-order valence-corrected chi connectivity index (χ2v) is 6.09. The van der Waals surface area contributed by atoms with E-state index in [2.05, 4.69) is 25.8 Å². The predicted octanol–water partition coefficient (Wildman–Crippen LogP) is 2.50. The number of cyclic esters (lactones) is 1. The Morgan fingerprint density at radius 1 is 1.47 bits per heavy atom. The predicted molar refractivity (Wildman–Crippen MR) is 64.4 cm³/mol. The van der Waals surface area contributed by atoms with E-state index in [0.717, 1.165) is 0 Å². The second kappa shape index (κ2) is 3.81. The lowest BCUT2D eigenvalue weighted by molar-refractivity contribution is -0.138. The number of thioether (sulfide) groups is 1. The van der Waals surface area contributed by atoms with Crippen molar-refractivity contribution in [1.82, 2.24) is 0 Å². The molecule has 0 saturated carbocycles. The van der Waals surface area contributed by atoms with Crippen LogP contribution in [0.1, 0.15) is 34.6 Å². The molecule has 3 nitrogen and oxygen atoms in total. The Hall–Kier alpha value is -0.510. The fourth-order valence-corrected chi connectivity index (χ4v) is 2.05. The van der Waals surface area contributed by atoms with Crippen LogP contribution in [0.15, 0.2) is 4.99 Å². The van der Waals surface area contributed by atoms with E-state index in [0.29, 0.717) is 11.8 Å². The van der Waals surface area contributed by atoms with Gasteiger partial charge in [-0.3, -0.25) is 0 Å². The number of hydrogen-bond donors (Lipinski definition) is 0. The third-order valence-electron chi connectivity index (χ3n) is 3.02. The van der Waals surface area contributed by atoms with Crippen LogP contribution in [0.5, 0.6) is 0 Å². The maximum atomic E-state index is 11.5. The minimum absolute atomic E-state index is 0.219. The normalized spacial score (nSPS) is 23.7. The largest absolute Gasteiger partial charge is 0.409 e. The zero-order valence-electron chi connectivity index (χ0n) is 10.2. The maximum Gasteiger partial charge on any atom is 0.340 e. The smallest absolute Gasteiger partial charge is 0.340 e. The minimum Gasteiger partial charge on any atom is -0.409 e. The monoisotopic (exact) mass is 229 g/mol. The van der Waals surface area contributed by atoms with Crippen molar-refractivity contribution < 1.29 is 9.53 Å². The van der Waals surface area contributed by atoms with Gasteiger partial charge < -0.3 is 4.74 Å². The lowest BCUT2D eigenvalue weighted by atomic mass is 9.96. The van der Waals surface area contributed by atoms with Gasteiger partial charge in [0.15, 0.2) is 5.54 Å². The van der Waals surface area contributed by atoms with Gasteiger partial charge >= 0.3 is 5.97 Å². The summed E-state index contributed by atoms with van der Waals surface area (Å²) < 4.78 is 5.07. The molecule has 0 fully saturated rings. The van der Waals surface area contributed by atoms with E-state index in [-0.39, 0.29) is 10.7 Å². The molecule has 1 atom stereocenters. The molecule has 0 aromatic carbocycles. The molecule has 0 aromatic heterocycles. The SMILES string of the molecule is CSC(C)(C1=NC(C)(C)C(=O)O1)C(C)C. The third kappa shape index (κ3) is 2.05. The molecule has 0 aliphatic carbocycles. The van der Waals surface area contributed by atoms with E-state index in [9.17, 15) is 4.79 Å². The Bertz CT molecular complexity index is 310. The summed E-state index contributed by atoms with van der Waals surface area (Å²) in [4.78, 5) is 15.9. The number of carbonyl (C=O) groups excluding carboxylic acids is 1. The van der Waals surface area contributed by atoms with Crippen molar-refractivity contribution in [3.8, 4) is 0 Å². The van der Waals surface area contributed by atoms with Crippen LogP contribution >= 0.6 is 11.8 Å². The summed E-state index contributed by atoms with van der Waals surface area (Å²) in [6.07, 6.45) is 2.02. The first-order valence-corrected chi connectivity index (χ1v) is 6.34. The maximum absolute atomic E-state index is 11.5. The van der Waals surface area contributed by atoms with Crippen molar-refractivity contribution in [2.24, 2.45) is 10.9 Å². The van der Waals surface area contributed by atoms with Crippen LogP contribution in [0.3, 0.4) is 0 Å². The summed E-state index contributed by atoms with van der Waals surface area (Å²) in [6, 6.07) is 0. The summed E-state index contributed by atoms with van der Waals surface area (Å²) in [5, 5.41) is 0.